The summed E-state index contributed by atoms with van der Waals surface area (Å²) in [5.41, 5.74) is 4.29. The third kappa shape index (κ3) is 4.83. The summed E-state index contributed by atoms with van der Waals surface area (Å²) >= 11 is 6.38. The fourth-order valence-corrected chi connectivity index (χ4v) is 6.28. The van der Waals surface area contributed by atoms with Crippen LogP contribution in [0.2, 0.25) is 5.02 Å². The molecule has 1 aromatic heterocycles. The van der Waals surface area contributed by atoms with Gasteiger partial charge in [0.2, 0.25) is 15.7 Å². The molecule has 2 aromatic rings. The number of aryl methyl sites for hydroxylation is 1. The molecule has 2 aliphatic carbocycles. The summed E-state index contributed by atoms with van der Waals surface area (Å²) < 4.78 is 22.2. The van der Waals surface area contributed by atoms with Gasteiger partial charge in [-0.05, 0) is 55.9 Å². The van der Waals surface area contributed by atoms with E-state index in [-0.39, 0.29) is 30.0 Å². The van der Waals surface area contributed by atoms with Gasteiger partial charge in [-0.3, -0.25) is 9.80 Å². The van der Waals surface area contributed by atoms with E-state index in [4.69, 9.17) is 28.4 Å². The molecule has 2 unspecified atom stereocenters. The van der Waals surface area contributed by atoms with Crippen LogP contribution in [0.4, 0.5) is 11.4 Å². The first-order valence-corrected chi connectivity index (χ1v) is 14.2. The molecule has 11 heteroatoms. The molecule has 1 aliphatic heterocycles. The van der Waals surface area contributed by atoms with Gasteiger partial charge in [0.1, 0.15) is 5.69 Å². The largest absolute Gasteiger partial charge is 0.350 e. The molecule has 9 nitrogen and oxygen atoms in total. The van der Waals surface area contributed by atoms with Crippen LogP contribution in [0.15, 0.2) is 35.4 Å². The van der Waals surface area contributed by atoms with E-state index in [9.17, 15) is 13.2 Å². The molecule has 2 atom stereocenters. The molecule has 188 valence electrons. The zero-order chi connectivity index (χ0) is 25.4. The van der Waals surface area contributed by atoms with E-state index in [2.05, 4.69) is 20.2 Å². The number of fused-ring (bicyclic) bond motifs is 3. The fraction of sp³-hybridized carbons (Fsp3) is 0.440. The van der Waals surface area contributed by atoms with Crippen molar-refractivity contribution in [1.29, 1.82) is 0 Å². The second kappa shape index (κ2) is 9.81. The highest BCUT2D eigenvalue weighted by atomic mass is 35.5. The Hall–Kier alpha value is -3.00. The molecule has 1 saturated carbocycles. The fourth-order valence-electron chi connectivity index (χ4n) is 5.68. The predicted octanol–water partition coefficient (Wildman–Crippen LogP) is 3.65. The van der Waals surface area contributed by atoms with Crippen molar-refractivity contribution in [2.75, 3.05) is 17.3 Å². The number of pyridine rings is 1. The lowest BCUT2D eigenvalue weighted by atomic mass is 9.76. The Morgan fingerprint density at radius 1 is 1.22 bits per heavy atom. The lowest BCUT2D eigenvalue weighted by Crippen LogP contribution is -2.41. The maximum Gasteiger partial charge on any atom is 0.269 e. The number of nitrogens with zero attached hydrogens (tertiary/aromatic N) is 4. The molecule has 0 spiro atoms. The number of carbonyl (C=O) groups is 1. The number of amides is 1. The van der Waals surface area contributed by atoms with E-state index in [0.717, 1.165) is 48.3 Å². The standard InChI is InChI=1S/C25H27ClN6O3S/c1-28-21-9-6-16(14-19(21)26)32-24(15-4-2-3-5-15)18-8-10-20-17(23(18)31-32)7-11-22(30-20)25(33)29-12-13-36(27,34)35/h6-7,9,11,14-15,18,24H,2-5,8,10,12-13H2,(H,29,33)(H2,27,34,35). The highest BCUT2D eigenvalue weighted by Crippen LogP contribution is 2.45. The summed E-state index contributed by atoms with van der Waals surface area (Å²) in [6.07, 6.45) is 6.37. The summed E-state index contributed by atoms with van der Waals surface area (Å²) in [7, 11) is -3.65. The third-order valence-electron chi connectivity index (χ3n) is 7.31. The van der Waals surface area contributed by atoms with Crippen molar-refractivity contribution < 1.29 is 13.2 Å². The molecule has 2 heterocycles. The van der Waals surface area contributed by atoms with Crippen molar-refractivity contribution >= 4 is 44.6 Å². The van der Waals surface area contributed by atoms with Crippen LogP contribution in [0.25, 0.3) is 4.85 Å². The minimum atomic E-state index is -3.65. The van der Waals surface area contributed by atoms with Crippen LogP contribution in [0.3, 0.4) is 0 Å². The maximum atomic E-state index is 12.5. The number of nitrogens with one attached hydrogen (secondary N) is 1. The van der Waals surface area contributed by atoms with Crippen LogP contribution in [-0.4, -0.2) is 43.4 Å². The predicted molar refractivity (Wildman–Crippen MR) is 139 cm³/mol. The molecule has 1 aromatic carbocycles. The van der Waals surface area contributed by atoms with Crippen molar-refractivity contribution in [2.24, 2.45) is 22.1 Å². The summed E-state index contributed by atoms with van der Waals surface area (Å²) in [6, 6.07) is 9.25. The SMILES string of the molecule is [C-]#[N+]c1ccc(N2N=C3c4ccc(C(=O)NCCS(N)(=O)=O)nc4CCC3C2C2CCCC2)cc1Cl. The number of nitrogens with two attached hydrogens (primary N) is 1. The minimum Gasteiger partial charge on any atom is -0.350 e. The number of hydrazone groups is 1. The van der Waals surface area contributed by atoms with E-state index in [1.54, 1.807) is 12.1 Å². The second-order valence-electron chi connectivity index (χ2n) is 9.57. The van der Waals surface area contributed by atoms with Crippen molar-refractivity contribution in [3.8, 4) is 0 Å². The minimum absolute atomic E-state index is 0.0713. The summed E-state index contributed by atoms with van der Waals surface area (Å²) in [4.78, 5) is 20.6. The van der Waals surface area contributed by atoms with Crippen LogP contribution in [0.1, 0.15) is 53.8 Å². The molecule has 3 N–H and O–H groups in total. The summed E-state index contributed by atoms with van der Waals surface area (Å²) in [5.74, 6) is 0.00331. The average molecular weight is 527 g/mol. The van der Waals surface area contributed by atoms with Crippen LogP contribution in [-0.2, 0) is 16.4 Å². The zero-order valence-corrected chi connectivity index (χ0v) is 21.2. The monoisotopic (exact) mass is 526 g/mol. The molecule has 5 rings (SSSR count). The number of carbonyl (C=O) groups excluding carboxylic acids is 1. The van der Waals surface area contributed by atoms with Gasteiger partial charge >= 0.3 is 0 Å². The van der Waals surface area contributed by atoms with E-state index in [0.29, 0.717) is 16.6 Å². The van der Waals surface area contributed by atoms with Crippen LogP contribution >= 0.6 is 11.6 Å². The van der Waals surface area contributed by atoms with Gasteiger partial charge in [-0.1, -0.05) is 30.5 Å². The van der Waals surface area contributed by atoms with Crippen LogP contribution < -0.4 is 15.5 Å². The first-order chi connectivity index (χ1) is 17.2. The number of primary sulfonamides is 1. The van der Waals surface area contributed by atoms with Crippen molar-refractivity contribution in [1.82, 2.24) is 10.3 Å². The van der Waals surface area contributed by atoms with Gasteiger partial charge in [0.25, 0.3) is 5.91 Å². The number of hydrogen-bond acceptors (Lipinski definition) is 6. The topological polar surface area (TPSA) is 122 Å². The Bertz CT molecular complexity index is 1380. The zero-order valence-electron chi connectivity index (χ0n) is 19.7. The number of halogens is 1. The number of rotatable bonds is 6. The number of sulfonamides is 1. The van der Waals surface area contributed by atoms with Gasteiger partial charge in [-0.15, -0.1) is 0 Å². The van der Waals surface area contributed by atoms with Gasteiger partial charge in [0, 0.05) is 23.0 Å². The average Bonchev–Trinajstić information content (AvgIpc) is 3.50. The van der Waals surface area contributed by atoms with Gasteiger partial charge in [-0.2, -0.15) is 5.10 Å². The van der Waals surface area contributed by atoms with Gasteiger partial charge < -0.3 is 5.32 Å². The lowest BCUT2D eigenvalue weighted by Gasteiger charge is -2.34. The molecule has 0 bridgehead atoms. The molecule has 0 radical (unpaired) electrons. The van der Waals surface area contributed by atoms with Crippen molar-refractivity contribution in [3.05, 3.63) is 63.7 Å². The first kappa shape index (κ1) is 24.7. The Morgan fingerprint density at radius 3 is 2.69 bits per heavy atom. The molecule has 36 heavy (non-hydrogen) atoms. The summed E-state index contributed by atoms with van der Waals surface area (Å²) in [6.45, 7) is 7.23. The highest BCUT2D eigenvalue weighted by Gasteiger charge is 2.46. The van der Waals surface area contributed by atoms with Crippen molar-refractivity contribution in [3.63, 3.8) is 0 Å². The molecular formula is C25H27ClN6O3S. The Kier molecular flexibility index (Phi) is 6.72. The van der Waals surface area contributed by atoms with Gasteiger partial charge in [-0.25, -0.2) is 23.4 Å². The van der Waals surface area contributed by atoms with E-state index in [1.807, 2.05) is 18.2 Å². The summed E-state index contributed by atoms with van der Waals surface area (Å²) in [5, 5.41) is 15.2. The number of benzene rings is 1. The molecule has 1 amide bonds. The van der Waals surface area contributed by atoms with E-state index < -0.39 is 15.9 Å². The normalized spacial score (nSPS) is 21.5. The quantitative estimate of drug-likeness (QED) is 0.556. The maximum absolute atomic E-state index is 12.5. The molecular weight excluding hydrogens is 500 g/mol. The first-order valence-electron chi connectivity index (χ1n) is 12.1. The number of hydrogen-bond donors (Lipinski definition) is 2. The Balaban J connectivity index is 1.45. The Labute approximate surface area is 215 Å². The number of anilines is 1. The number of aromatic nitrogens is 1. The highest BCUT2D eigenvalue weighted by molar-refractivity contribution is 7.89. The third-order valence-corrected chi connectivity index (χ3v) is 8.38. The Morgan fingerprint density at radius 2 is 2.00 bits per heavy atom. The van der Waals surface area contributed by atoms with Gasteiger partial charge in [0.05, 0.1) is 35.5 Å². The van der Waals surface area contributed by atoms with Crippen LogP contribution in [0, 0.1) is 18.4 Å². The second-order valence-corrected chi connectivity index (χ2v) is 11.7. The molecule has 0 saturated heterocycles. The van der Waals surface area contributed by atoms with E-state index in [1.165, 1.54) is 12.8 Å². The van der Waals surface area contributed by atoms with E-state index >= 15 is 0 Å². The molecule has 3 aliphatic rings. The van der Waals surface area contributed by atoms with Crippen molar-refractivity contribution in [2.45, 2.75) is 44.6 Å². The smallest absolute Gasteiger partial charge is 0.269 e. The lowest BCUT2D eigenvalue weighted by molar-refractivity contribution is 0.0951. The van der Waals surface area contributed by atoms with Crippen LogP contribution in [0.5, 0.6) is 0 Å². The molecule has 1 fully saturated rings. The van der Waals surface area contributed by atoms with Gasteiger partial charge in [0.15, 0.2) is 0 Å².